The highest BCUT2D eigenvalue weighted by atomic mass is 35.5. The number of likely N-dealkylation sites (N-methyl/N-ethyl adjacent to an activating group) is 1. The van der Waals surface area contributed by atoms with Crippen molar-refractivity contribution in [2.24, 2.45) is 5.92 Å². The summed E-state index contributed by atoms with van der Waals surface area (Å²) < 4.78 is 5.89. The molecule has 1 unspecified atom stereocenters. The van der Waals surface area contributed by atoms with Crippen molar-refractivity contribution in [3.8, 4) is 0 Å². The molecule has 0 bridgehead atoms. The molecule has 2 saturated heterocycles. The van der Waals surface area contributed by atoms with Crippen molar-refractivity contribution in [1.29, 1.82) is 0 Å². The largest absolute Gasteiger partial charge is 0.423 e. The fraction of sp³-hybridized carbons (Fsp3) is 0.550. The van der Waals surface area contributed by atoms with Gasteiger partial charge < -0.3 is 19.1 Å². The summed E-state index contributed by atoms with van der Waals surface area (Å²) in [5, 5.41) is 0.624. The third kappa shape index (κ3) is 4.09. The number of amides is 2. The first-order valence-corrected chi connectivity index (χ1v) is 10.2. The zero-order valence-corrected chi connectivity index (χ0v) is 16.8. The normalized spacial score (nSPS) is 21.3. The molecular formula is C20H25ClN4O3. The second-order valence-corrected chi connectivity index (χ2v) is 8.15. The van der Waals surface area contributed by atoms with Gasteiger partial charge in [0, 0.05) is 63.7 Å². The van der Waals surface area contributed by atoms with Gasteiger partial charge in [-0.25, -0.2) is 0 Å². The van der Waals surface area contributed by atoms with Gasteiger partial charge in [0.05, 0.1) is 0 Å². The van der Waals surface area contributed by atoms with Crippen LogP contribution in [0.2, 0.25) is 5.02 Å². The lowest BCUT2D eigenvalue weighted by molar-refractivity contribution is -0.132. The Hall–Kier alpha value is -2.28. The van der Waals surface area contributed by atoms with Gasteiger partial charge in [-0.1, -0.05) is 11.6 Å². The van der Waals surface area contributed by atoms with Gasteiger partial charge in [0.1, 0.15) is 5.52 Å². The molecule has 8 heteroatoms. The second kappa shape index (κ2) is 7.99. The van der Waals surface area contributed by atoms with Gasteiger partial charge in [0.2, 0.25) is 11.8 Å². The second-order valence-electron chi connectivity index (χ2n) is 7.71. The summed E-state index contributed by atoms with van der Waals surface area (Å²) in [6, 6.07) is 6.02. The van der Waals surface area contributed by atoms with E-state index in [-0.39, 0.29) is 17.7 Å². The molecular weight excluding hydrogens is 380 g/mol. The molecule has 150 valence electrons. The highest BCUT2D eigenvalue weighted by molar-refractivity contribution is 6.31. The number of benzene rings is 1. The summed E-state index contributed by atoms with van der Waals surface area (Å²) >= 11 is 6.03. The topological polar surface area (TPSA) is 69.9 Å². The van der Waals surface area contributed by atoms with E-state index < -0.39 is 0 Å². The maximum Gasteiger partial charge on any atom is 0.298 e. The molecule has 1 aromatic carbocycles. The number of rotatable bonds is 3. The molecule has 2 fully saturated rings. The van der Waals surface area contributed by atoms with Gasteiger partial charge in [-0.05, 0) is 30.9 Å². The highest BCUT2D eigenvalue weighted by Gasteiger charge is 2.28. The van der Waals surface area contributed by atoms with E-state index >= 15 is 0 Å². The molecule has 0 aliphatic carbocycles. The van der Waals surface area contributed by atoms with Crippen molar-refractivity contribution in [2.75, 3.05) is 44.7 Å². The van der Waals surface area contributed by atoms with Crippen LogP contribution in [-0.2, 0) is 9.59 Å². The fourth-order valence-corrected chi connectivity index (χ4v) is 4.14. The first-order chi connectivity index (χ1) is 13.5. The molecule has 4 rings (SSSR count). The van der Waals surface area contributed by atoms with Crippen LogP contribution in [0.5, 0.6) is 0 Å². The van der Waals surface area contributed by atoms with Gasteiger partial charge in [-0.3, -0.25) is 9.59 Å². The quantitative estimate of drug-likeness (QED) is 0.786. The lowest BCUT2D eigenvalue weighted by Gasteiger charge is -2.32. The summed E-state index contributed by atoms with van der Waals surface area (Å²) in [6.07, 6.45) is 2.92. The number of nitrogens with zero attached hydrogens (tertiary/aromatic N) is 4. The summed E-state index contributed by atoms with van der Waals surface area (Å²) in [5.74, 6) is 0.506. The molecule has 0 N–H and O–H groups in total. The minimum absolute atomic E-state index is 0.107. The highest BCUT2D eigenvalue weighted by Crippen LogP contribution is 2.29. The van der Waals surface area contributed by atoms with Crippen LogP contribution in [0, 0.1) is 5.92 Å². The Balaban J connectivity index is 1.39. The van der Waals surface area contributed by atoms with Crippen molar-refractivity contribution in [3.63, 3.8) is 0 Å². The van der Waals surface area contributed by atoms with Crippen molar-refractivity contribution >= 4 is 40.5 Å². The average Bonchev–Trinajstić information content (AvgIpc) is 3.02. The molecule has 2 aliphatic heterocycles. The number of anilines is 1. The lowest BCUT2D eigenvalue weighted by atomic mass is 9.94. The van der Waals surface area contributed by atoms with Crippen molar-refractivity contribution in [1.82, 2.24) is 14.8 Å². The van der Waals surface area contributed by atoms with Crippen LogP contribution in [-0.4, -0.2) is 66.4 Å². The first-order valence-electron chi connectivity index (χ1n) is 9.82. The Morgan fingerprint density at radius 1 is 1.29 bits per heavy atom. The van der Waals surface area contributed by atoms with Crippen molar-refractivity contribution in [3.05, 3.63) is 23.2 Å². The fourth-order valence-electron chi connectivity index (χ4n) is 3.98. The third-order valence-corrected chi connectivity index (χ3v) is 5.91. The van der Waals surface area contributed by atoms with Crippen LogP contribution < -0.4 is 4.90 Å². The zero-order chi connectivity index (χ0) is 19.7. The van der Waals surface area contributed by atoms with E-state index in [1.54, 1.807) is 24.1 Å². The van der Waals surface area contributed by atoms with Crippen molar-refractivity contribution < 1.29 is 14.0 Å². The molecule has 0 spiro atoms. The molecule has 2 aromatic rings. The van der Waals surface area contributed by atoms with E-state index in [1.807, 2.05) is 11.0 Å². The Morgan fingerprint density at radius 2 is 2.14 bits per heavy atom. The predicted octanol–water partition coefficient (Wildman–Crippen LogP) is 2.78. The van der Waals surface area contributed by atoms with Gasteiger partial charge in [-0.2, -0.15) is 4.98 Å². The minimum Gasteiger partial charge on any atom is -0.423 e. The molecule has 2 aliphatic rings. The molecule has 1 aromatic heterocycles. The third-order valence-electron chi connectivity index (χ3n) is 5.67. The van der Waals surface area contributed by atoms with Gasteiger partial charge in [0.15, 0.2) is 5.58 Å². The molecule has 0 radical (unpaired) electrons. The van der Waals surface area contributed by atoms with E-state index in [0.717, 1.165) is 31.4 Å². The number of hydrogen-bond donors (Lipinski definition) is 0. The van der Waals surface area contributed by atoms with E-state index in [2.05, 4.69) is 9.88 Å². The summed E-state index contributed by atoms with van der Waals surface area (Å²) in [6.45, 7) is 3.35. The Morgan fingerprint density at radius 3 is 3.00 bits per heavy atom. The van der Waals surface area contributed by atoms with Crippen LogP contribution in [0.4, 0.5) is 6.01 Å². The SMILES string of the molecule is CN1CCN(C(=O)CC2CCCN(c3nc4ccc(Cl)cc4o3)C2)CCC1=O. The van der Waals surface area contributed by atoms with E-state index in [0.29, 0.717) is 49.1 Å². The molecule has 0 saturated carbocycles. The number of halogens is 1. The molecule has 1 atom stereocenters. The van der Waals surface area contributed by atoms with E-state index in [9.17, 15) is 9.59 Å². The van der Waals surface area contributed by atoms with Crippen LogP contribution in [0.1, 0.15) is 25.7 Å². The van der Waals surface area contributed by atoms with E-state index in [1.165, 1.54) is 0 Å². The van der Waals surface area contributed by atoms with Crippen LogP contribution >= 0.6 is 11.6 Å². The van der Waals surface area contributed by atoms with Gasteiger partial charge in [0.25, 0.3) is 6.01 Å². The maximum absolute atomic E-state index is 12.8. The summed E-state index contributed by atoms with van der Waals surface area (Å²) in [5.41, 5.74) is 1.47. The smallest absolute Gasteiger partial charge is 0.298 e. The first kappa shape index (κ1) is 19.1. The zero-order valence-electron chi connectivity index (χ0n) is 16.1. The number of carbonyl (C=O) groups is 2. The Bertz CT molecular complexity index is 883. The monoisotopic (exact) mass is 404 g/mol. The standard InChI is InChI=1S/C20H25ClN4O3/c1-23-9-10-24(8-6-18(23)26)19(27)11-14-3-2-7-25(13-14)20-22-16-5-4-15(21)12-17(16)28-20/h4-5,12,14H,2-3,6-11,13H2,1H3. The summed E-state index contributed by atoms with van der Waals surface area (Å²) in [7, 11) is 1.79. The number of carbonyl (C=O) groups excluding carboxylic acids is 2. The van der Waals surface area contributed by atoms with Crippen LogP contribution in [0.25, 0.3) is 11.1 Å². The van der Waals surface area contributed by atoms with Gasteiger partial charge in [-0.15, -0.1) is 0 Å². The Labute approximate surface area is 169 Å². The molecule has 2 amide bonds. The summed E-state index contributed by atoms with van der Waals surface area (Å²) in [4.78, 5) is 34.8. The average molecular weight is 405 g/mol. The predicted molar refractivity (Wildman–Crippen MR) is 107 cm³/mol. The van der Waals surface area contributed by atoms with Crippen molar-refractivity contribution in [2.45, 2.75) is 25.7 Å². The lowest BCUT2D eigenvalue weighted by Crippen LogP contribution is -2.40. The molecule has 7 nitrogen and oxygen atoms in total. The number of fused-ring (bicyclic) bond motifs is 1. The van der Waals surface area contributed by atoms with Gasteiger partial charge >= 0.3 is 0 Å². The maximum atomic E-state index is 12.8. The number of hydrogen-bond acceptors (Lipinski definition) is 5. The molecule has 3 heterocycles. The number of piperidine rings is 1. The minimum atomic E-state index is 0.107. The Kier molecular flexibility index (Phi) is 5.44. The number of aromatic nitrogens is 1. The van der Waals surface area contributed by atoms with E-state index in [4.69, 9.17) is 16.0 Å². The van der Waals surface area contributed by atoms with Crippen LogP contribution in [0.15, 0.2) is 22.6 Å². The molecule has 28 heavy (non-hydrogen) atoms. The van der Waals surface area contributed by atoms with Crippen LogP contribution in [0.3, 0.4) is 0 Å². The number of oxazole rings is 1.